The predicted octanol–water partition coefficient (Wildman–Crippen LogP) is 1.30. The zero-order valence-corrected chi connectivity index (χ0v) is 10.8. The molecule has 6 heteroatoms. The van der Waals surface area contributed by atoms with Crippen LogP contribution < -0.4 is 15.4 Å². The van der Waals surface area contributed by atoms with E-state index < -0.39 is 0 Å². The molecule has 1 fully saturated rings. The van der Waals surface area contributed by atoms with Crippen molar-refractivity contribution in [1.29, 1.82) is 0 Å². The second kappa shape index (κ2) is 5.68. The number of esters is 1. The van der Waals surface area contributed by atoms with Crippen molar-refractivity contribution in [2.75, 3.05) is 19.0 Å². The molecule has 0 spiro atoms. The van der Waals surface area contributed by atoms with Crippen molar-refractivity contribution in [1.82, 2.24) is 5.32 Å². The number of methoxy groups -OCH3 is 1. The molecule has 1 aromatic rings. The van der Waals surface area contributed by atoms with E-state index in [-0.39, 0.29) is 12.0 Å². The number of hydrogen-bond acceptors (Lipinski definition) is 4. The van der Waals surface area contributed by atoms with Crippen LogP contribution in [0.3, 0.4) is 0 Å². The van der Waals surface area contributed by atoms with Crippen molar-refractivity contribution in [2.45, 2.75) is 12.5 Å². The quantitative estimate of drug-likeness (QED) is 0.635. The summed E-state index contributed by atoms with van der Waals surface area (Å²) in [6.07, 6.45) is 0.642. The van der Waals surface area contributed by atoms with Gasteiger partial charge in [0.15, 0.2) is 5.11 Å². The average molecular weight is 266 g/mol. The number of benzene rings is 1. The molecule has 1 aromatic carbocycles. The molecule has 18 heavy (non-hydrogen) atoms. The highest BCUT2D eigenvalue weighted by atomic mass is 32.1. The van der Waals surface area contributed by atoms with Gasteiger partial charge in [0.05, 0.1) is 13.7 Å². The van der Waals surface area contributed by atoms with E-state index in [1.54, 1.807) is 7.11 Å². The van der Waals surface area contributed by atoms with Gasteiger partial charge in [0, 0.05) is 12.1 Å². The van der Waals surface area contributed by atoms with E-state index in [0.29, 0.717) is 18.1 Å². The molecule has 0 aliphatic carbocycles. The SMILES string of the molecule is COc1ccc(NC(=S)N[C@H]2CCOC2=O)cc1. The largest absolute Gasteiger partial charge is 0.497 e. The highest BCUT2D eigenvalue weighted by molar-refractivity contribution is 7.80. The Bertz CT molecular complexity index is 447. The summed E-state index contributed by atoms with van der Waals surface area (Å²) in [4.78, 5) is 11.3. The van der Waals surface area contributed by atoms with Gasteiger partial charge in [-0.1, -0.05) is 0 Å². The lowest BCUT2D eigenvalue weighted by molar-refractivity contribution is -0.139. The summed E-state index contributed by atoms with van der Waals surface area (Å²) in [5.41, 5.74) is 0.833. The van der Waals surface area contributed by atoms with E-state index in [0.717, 1.165) is 11.4 Å². The van der Waals surface area contributed by atoms with Gasteiger partial charge in [-0.25, -0.2) is 4.79 Å². The Morgan fingerprint density at radius 2 is 2.17 bits per heavy atom. The summed E-state index contributed by atoms with van der Waals surface area (Å²) < 4.78 is 9.90. The summed E-state index contributed by atoms with van der Waals surface area (Å²) >= 11 is 5.13. The molecule has 0 bridgehead atoms. The van der Waals surface area contributed by atoms with Gasteiger partial charge in [0.25, 0.3) is 0 Å². The standard InChI is InChI=1S/C12H14N2O3S/c1-16-9-4-2-8(3-5-9)13-12(18)14-10-6-7-17-11(10)15/h2-5,10H,6-7H2,1H3,(H2,13,14,18)/t10-/m0/s1. The maximum absolute atomic E-state index is 11.3. The van der Waals surface area contributed by atoms with E-state index in [1.165, 1.54) is 0 Å². The van der Waals surface area contributed by atoms with Gasteiger partial charge >= 0.3 is 5.97 Å². The van der Waals surface area contributed by atoms with Gasteiger partial charge < -0.3 is 20.1 Å². The first kappa shape index (κ1) is 12.6. The van der Waals surface area contributed by atoms with Crippen molar-refractivity contribution >= 4 is 29.0 Å². The average Bonchev–Trinajstić information content (AvgIpc) is 2.76. The first-order valence-corrected chi connectivity index (χ1v) is 5.98. The second-order valence-corrected chi connectivity index (χ2v) is 4.24. The molecule has 5 nitrogen and oxygen atoms in total. The fraction of sp³-hybridized carbons (Fsp3) is 0.333. The van der Waals surface area contributed by atoms with Crippen molar-refractivity contribution in [3.05, 3.63) is 24.3 Å². The monoisotopic (exact) mass is 266 g/mol. The van der Waals surface area contributed by atoms with Crippen LogP contribution in [0.1, 0.15) is 6.42 Å². The number of rotatable bonds is 3. The summed E-state index contributed by atoms with van der Waals surface area (Å²) in [5, 5.41) is 6.32. The number of carbonyl (C=O) groups is 1. The topological polar surface area (TPSA) is 59.6 Å². The molecule has 0 saturated carbocycles. The Labute approximate surface area is 110 Å². The molecule has 2 rings (SSSR count). The number of hydrogen-bond donors (Lipinski definition) is 2. The van der Waals surface area contributed by atoms with Crippen LogP contribution in [0.2, 0.25) is 0 Å². The van der Waals surface area contributed by atoms with Crippen molar-refractivity contribution < 1.29 is 14.3 Å². The fourth-order valence-corrected chi connectivity index (χ4v) is 1.89. The summed E-state index contributed by atoms with van der Waals surface area (Å²) in [6, 6.07) is 7.01. The Morgan fingerprint density at radius 1 is 1.44 bits per heavy atom. The van der Waals surface area contributed by atoms with Crippen molar-refractivity contribution in [3.63, 3.8) is 0 Å². The van der Waals surface area contributed by atoms with Crippen LogP contribution in [-0.4, -0.2) is 30.8 Å². The minimum atomic E-state index is -0.344. The van der Waals surface area contributed by atoms with Gasteiger partial charge in [-0.2, -0.15) is 0 Å². The predicted molar refractivity (Wildman–Crippen MR) is 71.7 cm³/mol. The minimum absolute atomic E-state index is 0.256. The summed E-state index contributed by atoms with van der Waals surface area (Å²) in [7, 11) is 1.61. The van der Waals surface area contributed by atoms with Gasteiger partial charge in [0.1, 0.15) is 11.8 Å². The molecule has 96 valence electrons. The van der Waals surface area contributed by atoms with Crippen LogP contribution in [0.15, 0.2) is 24.3 Å². The Balaban J connectivity index is 1.88. The number of anilines is 1. The van der Waals surface area contributed by atoms with Gasteiger partial charge in [-0.3, -0.25) is 0 Å². The molecule has 0 unspecified atom stereocenters. The number of cyclic esters (lactones) is 1. The van der Waals surface area contributed by atoms with E-state index >= 15 is 0 Å². The highest BCUT2D eigenvalue weighted by Gasteiger charge is 2.26. The lowest BCUT2D eigenvalue weighted by Crippen LogP contribution is -2.40. The maximum atomic E-state index is 11.3. The number of nitrogens with one attached hydrogen (secondary N) is 2. The summed E-state index contributed by atoms with van der Waals surface area (Å²) in [5.74, 6) is 0.521. The van der Waals surface area contributed by atoms with Crippen LogP contribution in [0, 0.1) is 0 Å². The third-order valence-electron chi connectivity index (χ3n) is 2.59. The molecule has 1 heterocycles. The van der Waals surface area contributed by atoms with E-state index in [9.17, 15) is 4.79 Å². The zero-order valence-electron chi connectivity index (χ0n) is 9.93. The first-order chi connectivity index (χ1) is 8.69. The number of thiocarbonyl (C=S) groups is 1. The van der Waals surface area contributed by atoms with Crippen LogP contribution in [-0.2, 0) is 9.53 Å². The third-order valence-corrected chi connectivity index (χ3v) is 2.81. The van der Waals surface area contributed by atoms with E-state index in [1.807, 2.05) is 24.3 Å². The molecule has 1 atom stereocenters. The molecular formula is C12H14N2O3S. The Kier molecular flexibility index (Phi) is 3.99. The van der Waals surface area contributed by atoms with E-state index in [4.69, 9.17) is 21.7 Å². The second-order valence-electron chi connectivity index (χ2n) is 3.84. The third kappa shape index (κ3) is 3.10. The van der Waals surface area contributed by atoms with Crippen molar-refractivity contribution in [3.8, 4) is 5.75 Å². The van der Waals surface area contributed by atoms with Gasteiger partial charge in [0.2, 0.25) is 0 Å². The lowest BCUT2D eigenvalue weighted by atomic mass is 10.2. The van der Waals surface area contributed by atoms with Crippen molar-refractivity contribution in [2.24, 2.45) is 0 Å². The Hall–Kier alpha value is -1.82. The van der Waals surface area contributed by atoms with Gasteiger partial charge in [-0.15, -0.1) is 0 Å². The first-order valence-electron chi connectivity index (χ1n) is 5.57. The molecule has 1 aliphatic rings. The fourth-order valence-electron chi connectivity index (χ4n) is 1.63. The molecule has 0 radical (unpaired) electrons. The summed E-state index contributed by atoms with van der Waals surface area (Å²) in [6.45, 7) is 0.446. The molecule has 0 amide bonds. The lowest BCUT2D eigenvalue weighted by Gasteiger charge is -2.13. The zero-order chi connectivity index (χ0) is 13.0. The van der Waals surface area contributed by atoms with Crippen LogP contribution in [0.4, 0.5) is 5.69 Å². The Morgan fingerprint density at radius 3 is 2.72 bits per heavy atom. The highest BCUT2D eigenvalue weighted by Crippen LogP contribution is 2.15. The molecule has 2 N–H and O–H groups in total. The van der Waals surface area contributed by atoms with E-state index in [2.05, 4.69) is 10.6 Å². The normalized spacial score (nSPS) is 18.1. The maximum Gasteiger partial charge on any atom is 0.328 e. The van der Waals surface area contributed by atoms with Crippen LogP contribution >= 0.6 is 12.2 Å². The molecular weight excluding hydrogens is 252 g/mol. The number of carbonyl (C=O) groups excluding carboxylic acids is 1. The van der Waals surface area contributed by atoms with Crippen LogP contribution in [0.5, 0.6) is 5.75 Å². The molecule has 0 aromatic heterocycles. The van der Waals surface area contributed by atoms with Crippen LogP contribution in [0.25, 0.3) is 0 Å². The molecule has 1 aliphatic heterocycles. The minimum Gasteiger partial charge on any atom is -0.497 e. The smallest absolute Gasteiger partial charge is 0.328 e. The van der Waals surface area contributed by atoms with Gasteiger partial charge in [-0.05, 0) is 36.5 Å². The number of ether oxygens (including phenoxy) is 2. The molecule has 1 saturated heterocycles.